The average molecular weight is 317 g/mol. The van der Waals surface area contributed by atoms with Crippen LogP contribution in [0.15, 0.2) is 35.1 Å². The van der Waals surface area contributed by atoms with Crippen molar-refractivity contribution in [1.82, 2.24) is 20.0 Å². The van der Waals surface area contributed by atoms with Gasteiger partial charge in [-0.05, 0) is 24.3 Å². The lowest BCUT2D eigenvalue weighted by Crippen LogP contribution is -2.62. The number of nitrogens with zero attached hydrogens (tertiary/aromatic N) is 5. The van der Waals surface area contributed by atoms with Gasteiger partial charge in [-0.1, -0.05) is 0 Å². The van der Waals surface area contributed by atoms with Gasteiger partial charge in [0.2, 0.25) is 12.3 Å². The Bertz CT molecular complexity index is 618. The van der Waals surface area contributed by atoms with Crippen LogP contribution in [0.5, 0.6) is 0 Å². The maximum atomic E-state index is 13.0. The van der Waals surface area contributed by atoms with Crippen LogP contribution in [0.2, 0.25) is 0 Å². The van der Waals surface area contributed by atoms with Crippen molar-refractivity contribution in [2.24, 2.45) is 0 Å². The predicted octanol–water partition coefficient (Wildman–Crippen LogP) is 1.22. The minimum Gasteiger partial charge on any atom is -0.427 e. The Morgan fingerprint density at radius 2 is 1.83 bits per heavy atom. The third-order valence-electron chi connectivity index (χ3n) is 4.72. The Morgan fingerprint density at radius 1 is 1.09 bits per heavy atom. The molecule has 3 heterocycles. The zero-order chi connectivity index (χ0) is 15.6. The van der Waals surface area contributed by atoms with E-state index in [9.17, 15) is 4.39 Å². The van der Waals surface area contributed by atoms with Crippen LogP contribution in [0.3, 0.4) is 0 Å². The number of rotatable bonds is 4. The number of hydrogen-bond acceptors (Lipinski definition) is 6. The smallest absolute Gasteiger partial charge is 0.230 e. The van der Waals surface area contributed by atoms with Crippen molar-refractivity contribution in [2.75, 3.05) is 44.2 Å². The monoisotopic (exact) mass is 317 g/mol. The molecule has 2 saturated heterocycles. The molecule has 2 fully saturated rings. The molecule has 4 rings (SSSR count). The first-order valence-corrected chi connectivity index (χ1v) is 8.00. The van der Waals surface area contributed by atoms with Crippen LogP contribution in [0.25, 0.3) is 0 Å². The molecule has 0 bridgehead atoms. The lowest BCUT2D eigenvalue weighted by Gasteiger charge is -2.48. The predicted molar refractivity (Wildman–Crippen MR) is 83.5 cm³/mol. The summed E-state index contributed by atoms with van der Waals surface area (Å²) in [7, 11) is 0. The largest absolute Gasteiger partial charge is 0.427 e. The molecule has 23 heavy (non-hydrogen) atoms. The third kappa shape index (κ3) is 3.20. The van der Waals surface area contributed by atoms with Gasteiger partial charge >= 0.3 is 0 Å². The summed E-state index contributed by atoms with van der Waals surface area (Å²) < 4.78 is 18.2. The van der Waals surface area contributed by atoms with E-state index >= 15 is 0 Å². The zero-order valence-electron chi connectivity index (χ0n) is 12.9. The normalized spacial score (nSPS) is 20.7. The van der Waals surface area contributed by atoms with E-state index in [0.29, 0.717) is 11.9 Å². The molecule has 122 valence electrons. The van der Waals surface area contributed by atoms with Crippen LogP contribution in [-0.2, 0) is 6.54 Å². The molecule has 1 aromatic carbocycles. The van der Waals surface area contributed by atoms with Crippen molar-refractivity contribution in [3.8, 4) is 0 Å². The van der Waals surface area contributed by atoms with E-state index in [4.69, 9.17) is 4.42 Å². The molecular formula is C16H20FN5O. The van der Waals surface area contributed by atoms with E-state index < -0.39 is 0 Å². The summed E-state index contributed by atoms with van der Waals surface area (Å²) >= 11 is 0. The molecule has 0 amide bonds. The number of aromatic nitrogens is 2. The van der Waals surface area contributed by atoms with Crippen molar-refractivity contribution >= 4 is 5.69 Å². The molecule has 7 heteroatoms. The van der Waals surface area contributed by atoms with Gasteiger partial charge in [0.15, 0.2) is 0 Å². The van der Waals surface area contributed by atoms with Gasteiger partial charge in [0.05, 0.1) is 6.54 Å². The number of piperazine rings is 1. The molecule has 2 aliphatic heterocycles. The maximum absolute atomic E-state index is 13.0. The third-order valence-corrected chi connectivity index (χ3v) is 4.72. The first-order valence-electron chi connectivity index (χ1n) is 8.00. The standard InChI is InChI=1S/C16H20FN5O/c17-13-1-3-14(4-2-13)21-5-7-22(8-6-21)15-9-20(10-15)11-16-19-18-12-23-16/h1-4,12,15H,5-11H2. The number of halogens is 1. The molecule has 0 aliphatic carbocycles. The van der Waals surface area contributed by atoms with Crippen LogP contribution in [0.4, 0.5) is 10.1 Å². The van der Waals surface area contributed by atoms with Crippen LogP contribution in [-0.4, -0.2) is 65.3 Å². The quantitative estimate of drug-likeness (QED) is 0.845. The maximum Gasteiger partial charge on any atom is 0.230 e. The Labute approximate surface area is 134 Å². The molecule has 0 spiro atoms. The van der Waals surface area contributed by atoms with Crippen LogP contribution < -0.4 is 4.90 Å². The van der Waals surface area contributed by atoms with E-state index in [1.165, 1.54) is 18.5 Å². The number of likely N-dealkylation sites (tertiary alicyclic amines) is 1. The zero-order valence-corrected chi connectivity index (χ0v) is 12.9. The minimum absolute atomic E-state index is 0.178. The van der Waals surface area contributed by atoms with Crippen molar-refractivity contribution in [2.45, 2.75) is 12.6 Å². The summed E-state index contributed by atoms with van der Waals surface area (Å²) in [6.07, 6.45) is 1.38. The summed E-state index contributed by atoms with van der Waals surface area (Å²) in [5.41, 5.74) is 1.11. The molecular weight excluding hydrogens is 297 g/mol. The number of anilines is 1. The van der Waals surface area contributed by atoms with Crippen molar-refractivity contribution in [3.05, 3.63) is 42.4 Å². The fourth-order valence-corrected chi connectivity index (χ4v) is 3.36. The second-order valence-electron chi connectivity index (χ2n) is 6.18. The molecule has 2 aromatic rings. The molecule has 6 nitrogen and oxygen atoms in total. The fraction of sp³-hybridized carbons (Fsp3) is 0.500. The fourth-order valence-electron chi connectivity index (χ4n) is 3.36. The first kappa shape index (κ1) is 14.6. The van der Waals surface area contributed by atoms with E-state index in [-0.39, 0.29) is 5.82 Å². The van der Waals surface area contributed by atoms with Gasteiger partial charge in [0, 0.05) is 51.0 Å². The van der Waals surface area contributed by atoms with E-state index in [1.54, 1.807) is 0 Å². The molecule has 0 N–H and O–H groups in total. The van der Waals surface area contributed by atoms with Crippen molar-refractivity contribution in [3.63, 3.8) is 0 Å². The molecule has 2 aliphatic rings. The average Bonchev–Trinajstić information content (AvgIpc) is 3.05. The summed E-state index contributed by atoms with van der Waals surface area (Å²) in [6, 6.07) is 7.40. The van der Waals surface area contributed by atoms with E-state index in [1.807, 2.05) is 12.1 Å². The van der Waals surface area contributed by atoms with Gasteiger partial charge in [0.25, 0.3) is 0 Å². The summed E-state index contributed by atoms with van der Waals surface area (Å²) in [5.74, 6) is 0.507. The van der Waals surface area contributed by atoms with E-state index in [2.05, 4.69) is 24.9 Å². The van der Waals surface area contributed by atoms with Gasteiger partial charge in [-0.2, -0.15) is 0 Å². The number of hydrogen-bond donors (Lipinski definition) is 0. The molecule has 0 unspecified atom stereocenters. The Balaban J connectivity index is 1.24. The lowest BCUT2D eigenvalue weighted by molar-refractivity contribution is 0.0207. The Morgan fingerprint density at radius 3 is 2.48 bits per heavy atom. The van der Waals surface area contributed by atoms with Gasteiger partial charge in [0.1, 0.15) is 5.82 Å². The van der Waals surface area contributed by atoms with Crippen molar-refractivity contribution in [1.29, 1.82) is 0 Å². The van der Waals surface area contributed by atoms with E-state index in [0.717, 1.165) is 51.5 Å². The van der Waals surface area contributed by atoms with Crippen LogP contribution in [0.1, 0.15) is 5.89 Å². The highest BCUT2D eigenvalue weighted by atomic mass is 19.1. The minimum atomic E-state index is -0.178. The van der Waals surface area contributed by atoms with Gasteiger partial charge in [-0.25, -0.2) is 4.39 Å². The summed E-state index contributed by atoms with van der Waals surface area (Å²) in [5, 5.41) is 7.62. The topological polar surface area (TPSA) is 48.6 Å². The second kappa shape index (κ2) is 6.25. The highest BCUT2D eigenvalue weighted by Gasteiger charge is 2.34. The van der Waals surface area contributed by atoms with Gasteiger partial charge in [-0.3, -0.25) is 9.80 Å². The summed E-state index contributed by atoms with van der Waals surface area (Å²) in [6.45, 7) is 6.94. The Hall–Kier alpha value is -1.99. The highest BCUT2D eigenvalue weighted by Crippen LogP contribution is 2.21. The summed E-state index contributed by atoms with van der Waals surface area (Å²) in [4.78, 5) is 7.19. The van der Waals surface area contributed by atoms with Gasteiger partial charge in [-0.15, -0.1) is 10.2 Å². The van der Waals surface area contributed by atoms with Crippen molar-refractivity contribution < 1.29 is 8.81 Å². The Kier molecular flexibility index (Phi) is 3.97. The van der Waals surface area contributed by atoms with Gasteiger partial charge < -0.3 is 9.32 Å². The van der Waals surface area contributed by atoms with Crippen LogP contribution >= 0.6 is 0 Å². The first-order chi connectivity index (χ1) is 11.3. The molecule has 0 saturated carbocycles. The molecule has 1 aromatic heterocycles. The lowest BCUT2D eigenvalue weighted by atomic mass is 10.1. The highest BCUT2D eigenvalue weighted by molar-refractivity contribution is 5.46. The number of benzene rings is 1. The molecule has 0 radical (unpaired) electrons. The molecule has 0 atom stereocenters. The SMILES string of the molecule is Fc1ccc(N2CCN(C3CN(Cc4nnco4)C3)CC2)cc1. The van der Waals surface area contributed by atoms with Crippen LogP contribution in [0, 0.1) is 5.82 Å². The second-order valence-corrected chi connectivity index (χ2v) is 6.18.